The Balaban J connectivity index is 1.67. The van der Waals surface area contributed by atoms with Crippen LogP contribution in [0.25, 0.3) is 5.69 Å². The predicted octanol–water partition coefficient (Wildman–Crippen LogP) is 2.85. The van der Waals surface area contributed by atoms with Crippen LogP contribution < -0.4 is 5.32 Å². The zero-order valence-electron chi connectivity index (χ0n) is 11.6. The number of halogens is 1. The van der Waals surface area contributed by atoms with Crippen molar-refractivity contribution in [2.24, 2.45) is 0 Å². The van der Waals surface area contributed by atoms with Crippen LogP contribution in [0.5, 0.6) is 0 Å². The first-order chi connectivity index (χ1) is 10.7. The van der Waals surface area contributed by atoms with Crippen molar-refractivity contribution >= 4 is 17.5 Å². The second kappa shape index (κ2) is 6.41. The first kappa shape index (κ1) is 14.3. The zero-order valence-corrected chi connectivity index (χ0v) is 12.4. The highest BCUT2D eigenvalue weighted by Crippen LogP contribution is 2.10. The fourth-order valence-corrected chi connectivity index (χ4v) is 2.19. The van der Waals surface area contributed by atoms with Gasteiger partial charge < -0.3 is 5.32 Å². The van der Waals surface area contributed by atoms with E-state index < -0.39 is 0 Å². The minimum atomic E-state index is -0.276. The Labute approximate surface area is 132 Å². The van der Waals surface area contributed by atoms with Gasteiger partial charge in [-0.25, -0.2) is 0 Å². The first-order valence-electron chi connectivity index (χ1n) is 6.73. The van der Waals surface area contributed by atoms with Crippen molar-refractivity contribution in [2.45, 2.75) is 6.54 Å². The largest absolute Gasteiger partial charge is 0.347 e. The van der Waals surface area contributed by atoms with E-state index in [0.717, 1.165) is 11.3 Å². The van der Waals surface area contributed by atoms with Crippen LogP contribution in [0.1, 0.15) is 16.1 Å². The molecule has 2 aromatic carbocycles. The number of aromatic nitrogens is 3. The summed E-state index contributed by atoms with van der Waals surface area (Å²) in [5, 5.41) is 11.7. The van der Waals surface area contributed by atoms with Crippen LogP contribution in [-0.4, -0.2) is 20.9 Å². The number of amides is 1. The Hall–Kier alpha value is -2.66. The molecule has 0 bridgehead atoms. The lowest BCUT2D eigenvalue weighted by Gasteiger charge is -2.03. The lowest BCUT2D eigenvalue weighted by Crippen LogP contribution is -2.23. The van der Waals surface area contributed by atoms with Gasteiger partial charge in [-0.2, -0.15) is 9.90 Å². The van der Waals surface area contributed by atoms with Crippen LogP contribution in [-0.2, 0) is 6.54 Å². The molecule has 1 amide bonds. The average molecular weight is 313 g/mol. The minimum absolute atomic E-state index is 0.269. The molecular formula is C16H13ClN4O. The molecule has 110 valence electrons. The quantitative estimate of drug-likeness (QED) is 0.806. The van der Waals surface area contributed by atoms with Gasteiger partial charge in [-0.15, -0.1) is 5.10 Å². The van der Waals surface area contributed by atoms with Gasteiger partial charge in [0.2, 0.25) is 0 Å². The van der Waals surface area contributed by atoms with Crippen molar-refractivity contribution in [1.82, 2.24) is 20.3 Å². The molecule has 0 aliphatic rings. The van der Waals surface area contributed by atoms with Crippen molar-refractivity contribution in [2.75, 3.05) is 0 Å². The van der Waals surface area contributed by atoms with E-state index in [0.29, 0.717) is 11.6 Å². The SMILES string of the molecule is O=C(NCc1cccc(Cl)c1)c1cnn(-c2ccccc2)n1. The number of rotatable bonds is 4. The third-order valence-electron chi connectivity index (χ3n) is 3.05. The van der Waals surface area contributed by atoms with E-state index in [1.807, 2.05) is 48.5 Å². The maximum atomic E-state index is 12.1. The van der Waals surface area contributed by atoms with Gasteiger partial charge in [-0.1, -0.05) is 41.9 Å². The van der Waals surface area contributed by atoms with E-state index in [1.54, 1.807) is 6.07 Å². The fourth-order valence-electron chi connectivity index (χ4n) is 1.97. The van der Waals surface area contributed by atoms with Gasteiger partial charge >= 0.3 is 0 Å². The second-order valence-electron chi connectivity index (χ2n) is 4.67. The van der Waals surface area contributed by atoms with Gasteiger partial charge in [0.15, 0.2) is 5.69 Å². The minimum Gasteiger partial charge on any atom is -0.347 e. The number of nitrogens with zero attached hydrogens (tertiary/aromatic N) is 3. The second-order valence-corrected chi connectivity index (χ2v) is 5.10. The summed E-state index contributed by atoms with van der Waals surface area (Å²) < 4.78 is 0. The number of carbonyl (C=O) groups is 1. The van der Waals surface area contributed by atoms with Crippen LogP contribution >= 0.6 is 11.6 Å². The normalized spacial score (nSPS) is 10.4. The van der Waals surface area contributed by atoms with E-state index in [2.05, 4.69) is 15.5 Å². The maximum absolute atomic E-state index is 12.1. The molecule has 0 aliphatic heterocycles. The number of nitrogens with one attached hydrogen (secondary N) is 1. The van der Waals surface area contributed by atoms with E-state index >= 15 is 0 Å². The van der Waals surface area contributed by atoms with Crippen LogP contribution in [0.2, 0.25) is 5.02 Å². The number of benzene rings is 2. The molecule has 0 atom stereocenters. The Bertz CT molecular complexity index is 786. The number of hydrogen-bond donors (Lipinski definition) is 1. The predicted molar refractivity (Wildman–Crippen MR) is 84.0 cm³/mol. The van der Waals surface area contributed by atoms with Crippen LogP contribution in [0.15, 0.2) is 60.8 Å². The zero-order chi connectivity index (χ0) is 15.4. The molecular weight excluding hydrogens is 300 g/mol. The molecule has 0 radical (unpaired) electrons. The van der Waals surface area contributed by atoms with Crippen LogP contribution in [0.3, 0.4) is 0 Å². The molecule has 1 aromatic heterocycles. The topological polar surface area (TPSA) is 59.8 Å². The summed E-state index contributed by atoms with van der Waals surface area (Å²) in [6, 6.07) is 16.8. The molecule has 0 aliphatic carbocycles. The van der Waals surface area contributed by atoms with Crippen molar-refractivity contribution in [3.8, 4) is 5.69 Å². The lowest BCUT2D eigenvalue weighted by molar-refractivity contribution is 0.0945. The van der Waals surface area contributed by atoms with E-state index in [1.165, 1.54) is 11.0 Å². The summed E-state index contributed by atoms with van der Waals surface area (Å²) in [7, 11) is 0. The molecule has 3 aromatic rings. The van der Waals surface area contributed by atoms with Gasteiger partial charge in [-0.05, 0) is 29.8 Å². The molecule has 22 heavy (non-hydrogen) atoms. The van der Waals surface area contributed by atoms with Crippen molar-refractivity contribution in [3.05, 3.63) is 77.1 Å². The molecule has 1 N–H and O–H groups in total. The van der Waals surface area contributed by atoms with E-state index in [9.17, 15) is 4.79 Å². The third-order valence-corrected chi connectivity index (χ3v) is 3.29. The molecule has 0 unspecified atom stereocenters. The monoisotopic (exact) mass is 312 g/mol. The number of para-hydroxylation sites is 1. The van der Waals surface area contributed by atoms with Gasteiger partial charge in [0.1, 0.15) is 0 Å². The molecule has 0 spiro atoms. The molecule has 6 heteroatoms. The Morgan fingerprint density at radius 1 is 1.14 bits per heavy atom. The summed E-state index contributed by atoms with van der Waals surface area (Å²) in [5.41, 5.74) is 2.00. The van der Waals surface area contributed by atoms with Gasteiger partial charge in [0, 0.05) is 11.6 Å². The highest BCUT2D eigenvalue weighted by atomic mass is 35.5. The maximum Gasteiger partial charge on any atom is 0.273 e. The highest BCUT2D eigenvalue weighted by molar-refractivity contribution is 6.30. The highest BCUT2D eigenvalue weighted by Gasteiger charge is 2.11. The Morgan fingerprint density at radius 2 is 1.95 bits per heavy atom. The van der Waals surface area contributed by atoms with Crippen molar-refractivity contribution in [1.29, 1.82) is 0 Å². The molecule has 0 fully saturated rings. The van der Waals surface area contributed by atoms with Gasteiger partial charge in [-0.3, -0.25) is 4.79 Å². The summed E-state index contributed by atoms with van der Waals surface area (Å²) in [6.45, 7) is 0.386. The third kappa shape index (κ3) is 3.32. The molecule has 3 rings (SSSR count). The van der Waals surface area contributed by atoms with Gasteiger partial charge in [0.25, 0.3) is 5.91 Å². The van der Waals surface area contributed by atoms with E-state index in [4.69, 9.17) is 11.6 Å². The summed E-state index contributed by atoms with van der Waals surface area (Å²) in [5.74, 6) is -0.276. The van der Waals surface area contributed by atoms with E-state index in [-0.39, 0.29) is 11.6 Å². The lowest BCUT2D eigenvalue weighted by atomic mass is 10.2. The molecule has 0 saturated heterocycles. The Kier molecular flexibility index (Phi) is 4.16. The standard InChI is InChI=1S/C16H13ClN4O/c17-13-6-4-5-12(9-13)10-18-16(22)15-11-19-21(20-15)14-7-2-1-3-8-14/h1-9,11H,10H2,(H,18,22). The van der Waals surface area contributed by atoms with Crippen molar-refractivity contribution < 1.29 is 4.79 Å². The van der Waals surface area contributed by atoms with Crippen LogP contribution in [0, 0.1) is 0 Å². The summed E-state index contributed by atoms with van der Waals surface area (Å²) >= 11 is 5.91. The fraction of sp³-hybridized carbons (Fsp3) is 0.0625. The van der Waals surface area contributed by atoms with Gasteiger partial charge in [0.05, 0.1) is 11.9 Å². The number of hydrogen-bond acceptors (Lipinski definition) is 3. The molecule has 0 saturated carbocycles. The molecule has 5 nitrogen and oxygen atoms in total. The molecule has 1 heterocycles. The van der Waals surface area contributed by atoms with Crippen LogP contribution in [0.4, 0.5) is 0 Å². The number of carbonyl (C=O) groups excluding carboxylic acids is 1. The smallest absolute Gasteiger partial charge is 0.273 e. The summed E-state index contributed by atoms with van der Waals surface area (Å²) in [6.07, 6.45) is 1.44. The summed E-state index contributed by atoms with van der Waals surface area (Å²) in [4.78, 5) is 13.5. The Morgan fingerprint density at radius 3 is 2.73 bits per heavy atom. The first-order valence-corrected chi connectivity index (χ1v) is 7.10. The van der Waals surface area contributed by atoms with Crippen molar-refractivity contribution in [3.63, 3.8) is 0 Å². The average Bonchev–Trinajstić information content (AvgIpc) is 3.04.